The summed E-state index contributed by atoms with van der Waals surface area (Å²) in [6.45, 7) is 3.88. The van der Waals surface area contributed by atoms with E-state index in [0.717, 1.165) is 36.3 Å². The zero-order chi connectivity index (χ0) is 22.1. The molecule has 2 aromatic rings. The van der Waals surface area contributed by atoms with Crippen molar-refractivity contribution >= 4 is 39.8 Å². The molecule has 1 atom stereocenters. The SMILES string of the molecule is CCOC(=O)c1sc(NC(=O)C2CC(=O)N(c3ccc4c(c3)CCC4)C2)c(C#N)c1C. The van der Waals surface area contributed by atoms with Gasteiger partial charge >= 0.3 is 5.97 Å². The van der Waals surface area contributed by atoms with Gasteiger partial charge in [-0.15, -0.1) is 11.3 Å². The molecule has 1 N–H and O–H groups in total. The molecule has 0 saturated carbocycles. The maximum absolute atomic E-state index is 12.9. The summed E-state index contributed by atoms with van der Waals surface area (Å²) >= 11 is 1.03. The van der Waals surface area contributed by atoms with Crippen LogP contribution in [0.15, 0.2) is 18.2 Å². The molecule has 0 bridgehead atoms. The lowest BCUT2D eigenvalue weighted by atomic mass is 10.1. The summed E-state index contributed by atoms with van der Waals surface area (Å²) in [4.78, 5) is 39.6. The van der Waals surface area contributed by atoms with Gasteiger partial charge in [-0.1, -0.05) is 6.07 Å². The van der Waals surface area contributed by atoms with E-state index in [2.05, 4.69) is 23.5 Å². The Morgan fingerprint density at radius 3 is 2.84 bits per heavy atom. The molecule has 7 nitrogen and oxygen atoms in total. The fraction of sp³-hybridized carbons (Fsp3) is 0.391. The minimum absolute atomic E-state index is 0.0897. The molecular weight excluding hydrogens is 414 g/mol. The Labute approximate surface area is 184 Å². The van der Waals surface area contributed by atoms with Crippen molar-refractivity contribution in [3.8, 4) is 6.07 Å². The Morgan fingerprint density at radius 2 is 2.10 bits per heavy atom. The highest BCUT2D eigenvalue weighted by Crippen LogP contribution is 2.35. The van der Waals surface area contributed by atoms with Crippen LogP contribution in [-0.2, 0) is 27.2 Å². The van der Waals surface area contributed by atoms with Gasteiger partial charge in [-0.2, -0.15) is 5.26 Å². The molecule has 1 aliphatic carbocycles. The molecule has 1 saturated heterocycles. The first kappa shape index (κ1) is 21.1. The molecule has 2 heterocycles. The Hall–Kier alpha value is -3.18. The number of carbonyl (C=O) groups excluding carboxylic acids is 3. The van der Waals surface area contributed by atoms with Crippen LogP contribution in [0.4, 0.5) is 10.7 Å². The van der Waals surface area contributed by atoms with Crippen molar-refractivity contribution in [2.45, 2.75) is 39.5 Å². The lowest BCUT2D eigenvalue weighted by molar-refractivity contribution is -0.122. The summed E-state index contributed by atoms with van der Waals surface area (Å²) in [6, 6.07) is 8.13. The lowest BCUT2D eigenvalue weighted by Gasteiger charge is -2.18. The standard InChI is InChI=1S/C23H23N3O4S/c1-3-30-23(29)20-13(2)18(11-24)22(31-20)25-21(28)16-10-19(27)26(12-16)17-8-7-14-5-4-6-15(14)9-17/h7-9,16H,3-6,10,12H2,1-2H3,(H,25,28). The van der Waals surface area contributed by atoms with Crippen molar-refractivity contribution in [1.29, 1.82) is 5.26 Å². The normalized spacial score (nSPS) is 17.4. The number of hydrogen-bond acceptors (Lipinski definition) is 6. The number of thiophene rings is 1. The number of nitrogens with zero attached hydrogens (tertiary/aromatic N) is 2. The molecule has 1 unspecified atom stereocenters. The van der Waals surface area contributed by atoms with E-state index in [1.807, 2.05) is 6.07 Å². The van der Waals surface area contributed by atoms with Crippen LogP contribution in [0.2, 0.25) is 0 Å². The van der Waals surface area contributed by atoms with Crippen LogP contribution < -0.4 is 10.2 Å². The number of ether oxygens (including phenoxy) is 1. The molecular formula is C23H23N3O4S. The van der Waals surface area contributed by atoms with Crippen LogP contribution in [0.3, 0.4) is 0 Å². The second-order valence-corrected chi connectivity index (χ2v) is 8.81. The average molecular weight is 438 g/mol. The van der Waals surface area contributed by atoms with Gasteiger partial charge in [0.25, 0.3) is 0 Å². The summed E-state index contributed by atoms with van der Waals surface area (Å²) < 4.78 is 5.03. The van der Waals surface area contributed by atoms with Crippen LogP contribution in [0.5, 0.6) is 0 Å². The monoisotopic (exact) mass is 437 g/mol. The highest BCUT2D eigenvalue weighted by atomic mass is 32.1. The van der Waals surface area contributed by atoms with E-state index in [1.54, 1.807) is 18.7 Å². The summed E-state index contributed by atoms with van der Waals surface area (Å²) in [7, 11) is 0. The van der Waals surface area contributed by atoms with Crippen LogP contribution in [0, 0.1) is 24.2 Å². The van der Waals surface area contributed by atoms with Gasteiger partial charge in [-0.25, -0.2) is 4.79 Å². The highest BCUT2D eigenvalue weighted by Gasteiger charge is 2.36. The number of aryl methyl sites for hydroxylation is 2. The van der Waals surface area contributed by atoms with Crippen molar-refractivity contribution in [3.05, 3.63) is 45.3 Å². The Morgan fingerprint density at radius 1 is 1.32 bits per heavy atom. The van der Waals surface area contributed by atoms with E-state index in [4.69, 9.17) is 4.74 Å². The molecule has 1 aromatic heterocycles. The molecule has 1 aromatic carbocycles. The van der Waals surface area contributed by atoms with E-state index in [-0.39, 0.29) is 30.4 Å². The van der Waals surface area contributed by atoms with Crippen molar-refractivity contribution in [2.75, 3.05) is 23.4 Å². The van der Waals surface area contributed by atoms with E-state index in [0.29, 0.717) is 22.0 Å². The van der Waals surface area contributed by atoms with Gasteiger partial charge in [0.1, 0.15) is 15.9 Å². The summed E-state index contributed by atoms with van der Waals surface area (Å²) in [6.07, 6.45) is 3.34. The van der Waals surface area contributed by atoms with Gasteiger partial charge in [-0.3, -0.25) is 9.59 Å². The third-order valence-electron chi connectivity index (χ3n) is 5.85. The number of carbonyl (C=O) groups is 3. The predicted molar refractivity (Wildman–Crippen MR) is 117 cm³/mol. The van der Waals surface area contributed by atoms with E-state index < -0.39 is 11.9 Å². The number of hydrogen-bond donors (Lipinski definition) is 1. The molecule has 8 heteroatoms. The third-order valence-corrected chi connectivity index (χ3v) is 7.03. The number of fused-ring (bicyclic) bond motifs is 1. The van der Waals surface area contributed by atoms with Gasteiger partial charge in [0.05, 0.1) is 18.1 Å². The van der Waals surface area contributed by atoms with Gasteiger partial charge < -0.3 is 15.0 Å². The van der Waals surface area contributed by atoms with E-state index in [9.17, 15) is 19.6 Å². The number of rotatable bonds is 5. The number of esters is 1. The second kappa shape index (κ2) is 8.52. The predicted octanol–water partition coefficient (Wildman–Crippen LogP) is 3.59. The number of benzene rings is 1. The maximum Gasteiger partial charge on any atom is 0.348 e. The van der Waals surface area contributed by atoms with Crippen molar-refractivity contribution in [3.63, 3.8) is 0 Å². The smallest absolute Gasteiger partial charge is 0.348 e. The van der Waals surface area contributed by atoms with Crippen LogP contribution in [0.25, 0.3) is 0 Å². The summed E-state index contributed by atoms with van der Waals surface area (Å²) in [5.74, 6) is -1.46. The molecule has 0 spiro atoms. The number of nitriles is 1. The minimum atomic E-state index is -0.527. The fourth-order valence-electron chi connectivity index (χ4n) is 4.20. The van der Waals surface area contributed by atoms with E-state index in [1.165, 1.54) is 11.1 Å². The lowest BCUT2D eigenvalue weighted by Crippen LogP contribution is -2.28. The molecule has 2 amide bonds. The van der Waals surface area contributed by atoms with Gasteiger partial charge in [0, 0.05) is 18.7 Å². The zero-order valence-corrected chi connectivity index (χ0v) is 18.3. The first-order valence-corrected chi connectivity index (χ1v) is 11.2. The number of anilines is 2. The molecule has 4 rings (SSSR count). The molecule has 1 fully saturated rings. The second-order valence-electron chi connectivity index (χ2n) is 7.79. The molecule has 2 aliphatic rings. The fourth-order valence-corrected chi connectivity index (χ4v) is 5.25. The Balaban J connectivity index is 1.50. The maximum atomic E-state index is 12.9. The number of amides is 2. The zero-order valence-electron chi connectivity index (χ0n) is 17.5. The number of nitrogens with one attached hydrogen (secondary N) is 1. The minimum Gasteiger partial charge on any atom is -0.462 e. The quantitative estimate of drug-likeness (QED) is 0.721. The van der Waals surface area contributed by atoms with Crippen LogP contribution in [-0.4, -0.2) is 30.9 Å². The van der Waals surface area contributed by atoms with Crippen molar-refractivity contribution in [2.24, 2.45) is 5.92 Å². The van der Waals surface area contributed by atoms with Gasteiger partial charge in [0.2, 0.25) is 11.8 Å². The van der Waals surface area contributed by atoms with Crippen LogP contribution in [0.1, 0.15) is 51.7 Å². The van der Waals surface area contributed by atoms with Gasteiger partial charge in [0.15, 0.2) is 0 Å². The average Bonchev–Trinajstić information content (AvgIpc) is 3.44. The third kappa shape index (κ3) is 3.93. The summed E-state index contributed by atoms with van der Waals surface area (Å²) in [5.41, 5.74) is 4.18. The largest absolute Gasteiger partial charge is 0.462 e. The highest BCUT2D eigenvalue weighted by molar-refractivity contribution is 7.18. The first-order chi connectivity index (χ1) is 14.9. The van der Waals surface area contributed by atoms with E-state index >= 15 is 0 Å². The first-order valence-electron chi connectivity index (χ1n) is 10.4. The van der Waals surface area contributed by atoms with Crippen LogP contribution >= 0.6 is 11.3 Å². The van der Waals surface area contributed by atoms with Crippen molar-refractivity contribution < 1.29 is 19.1 Å². The topological polar surface area (TPSA) is 99.5 Å². The van der Waals surface area contributed by atoms with Crippen molar-refractivity contribution in [1.82, 2.24) is 0 Å². The molecule has 0 radical (unpaired) electrons. The molecule has 160 valence electrons. The Bertz CT molecular complexity index is 1110. The Kier molecular flexibility index (Phi) is 5.79. The summed E-state index contributed by atoms with van der Waals surface area (Å²) in [5, 5.41) is 12.6. The molecule has 1 aliphatic heterocycles. The van der Waals surface area contributed by atoms with Gasteiger partial charge in [-0.05, 0) is 61.9 Å². The molecule has 31 heavy (non-hydrogen) atoms.